The average molecular weight is 342 g/mol. The van der Waals surface area contributed by atoms with E-state index in [-0.39, 0.29) is 5.78 Å². The van der Waals surface area contributed by atoms with Gasteiger partial charge in [0, 0.05) is 17.7 Å². The fourth-order valence-corrected chi connectivity index (χ4v) is 3.42. The van der Waals surface area contributed by atoms with Crippen molar-refractivity contribution >= 4 is 17.1 Å². The van der Waals surface area contributed by atoms with Gasteiger partial charge in [0.25, 0.3) is 0 Å². The maximum atomic E-state index is 12.2. The number of hydrogen-bond donors (Lipinski definition) is 0. The summed E-state index contributed by atoms with van der Waals surface area (Å²) in [5, 5.41) is 2.09. The number of benzene rings is 1. The molecule has 24 heavy (non-hydrogen) atoms. The molecule has 1 aliphatic rings. The molecule has 1 aliphatic heterocycles. The number of allylic oxidation sites excluding steroid dienone is 1. The molecular formula is C20H22O3S. The van der Waals surface area contributed by atoms with Crippen LogP contribution in [0.15, 0.2) is 47.9 Å². The molecular weight excluding hydrogens is 320 g/mol. The van der Waals surface area contributed by atoms with Gasteiger partial charge in [-0.05, 0) is 48.4 Å². The second-order valence-corrected chi connectivity index (χ2v) is 7.06. The van der Waals surface area contributed by atoms with Crippen molar-refractivity contribution in [2.24, 2.45) is 0 Å². The fourth-order valence-electron chi connectivity index (χ4n) is 2.71. The number of ketones is 1. The first-order valence-corrected chi connectivity index (χ1v) is 9.18. The topological polar surface area (TPSA) is 35.5 Å². The SMILES string of the molecule is C=C(CCC(=O)Cc1ccc2c(c1)OCCO2)CCc1cccs1. The highest BCUT2D eigenvalue weighted by atomic mass is 32.1. The lowest BCUT2D eigenvalue weighted by atomic mass is 10.0. The number of carbonyl (C=O) groups is 1. The molecule has 3 rings (SSSR count). The Balaban J connectivity index is 1.43. The molecule has 4 heteroatoms. The van der Waals surface area contributed by atoms with Crippen LogP contribution in [0.4, 0.5) is 0 Å². The smallest absolute Gasteiger partial charge is 0.161 e. The second kappa shape index (κ2) is 8.15. The molecule has 0 unspecified atom stereocenters. The van der Waals surface area contributed by atoms with Crippen molar-refractivity contribution < 1.29 is 14.3 Å². The minimum absolute atomic E-state index is 0.240. The minimum Gasteiger partial charge on any atom is -0.486 e. The van der Waals surface area contributed by atoms with Crippen molar-refractivity contribution in [2.45, 2.75) is 32.1 Å². The number of Topliss-reactive ketones (excluding diaryl/α,β-unsaturated/α-hetero) is 1. The zero-order valence-electron chi connectivity index (χ0n) is 13.8. The molecule has 0 bridgehead atoms. The van der Waals surface area contributed by atoms with E-state index in [2.05, 4.69) is 24.1 Å². The zero-order chi connectivity index (χ0) is 16.8. The molecule has 0 amide bonds. The highest BCUT2D eigenvalue weighted by molar-refractivity contribution is 7.09. The van der Waals surface area contributed by atoms with Crippen molar-refractivity contribution in [2.75, 3.05) is 13.2 Å². The van der Waals surface area contributed by atoms with E-state index in [4.69, 9.17) is 9.47 Å². The van der Waals surface area contributed by atoms with Crippen LogP contribution < -0.4 is 9.47 Å². The molecule has 0 aliphatic carbocycles. The lowest BCUT2D eigenvalue weighted by molar-refractivity contribution is -0.118. The van der Waals surface area contributed by atoms with E-state index < -0.39 is 0 Å². The van der Waals surface area contributed by atoms with E-state index in [0.29, 0.717) is 26.1 Å². The standard InChI is InChI=1S/C20H22O3S/c1-15(5-8-18-3-2-12-24-18)4-7-17(21)13-16-6-9-19-20(14-16)23-11-10-22-19/h2-3,6,9,12,14H,1,4-5,7-8,10-11,13H2. The van der Waals surface area contributed by atoms with Crippen molar-refractivity contribution in [3.05, 3.63) is 58.3 Å². The lowest BCUT2D eigenvalue weighted by Crippen LogP contribution is -2.15. The highest BCUT2D eigenvalue weighted by Gasteiger charge is 2.13. The van der Waals surface area contributed by atoms with Crippen LogP contribution in [0.2, 0.25) is 0 Å². The summed E-state index contributed by atoms with van der Waals surface area (Å²) in [6.45, 7) is 5.25. The van der Waals surface area contributed by atoms with Crippen LogP contribution in [0.1, 0.15) is 29.7 Å². The summed E-state index contributed by atoms with van der Waals surface area (Å²) in [5.41, 5.74) is 2.13. The molecule has 2 aromatic rings. The molecule has 2 heterocycles. The maximum Gasteiger partial charge on any atom is 0.161 e. The van der Waals surface area contributed by atoms with Crippen molar-refractivity contribution in [3.63, 3.8) is 0 Å². The number of carbonyl (C=O) groups excluding carboxylic acids is 1. The van der Waals surface area contributed by atoms with E-state index in [1.54, 1.807) is 11.3 Å². The van der Waals surface area contributed by atoms with Gasteiger partial charge in [-0.2, -0.15) is 0 Å². The molecule has 0 atom stereocenters. The number of thiophene rings is 1. The van der Waals surface area contributed by atoms with E-state index >= 15 is 0 Å². The Morgan fingerprint density at radius 3 is 2.71 bits per heavy atom. The number of fused-ring (bicyclic) bond motifs is 1. The summed E-state index contributed by atoms with van der Waals surface area (Å²) < 4.78 is 11.1. The van der Waals surface area contributed by atoms with Crippen LogP contribution in [0.5, 0.6) is 11.5 Å². The van der Waals surface area contributed by atoms with Crippen molar-refractivity contribution in [1.82, 2.24) is 0 Å². The fraction of sp³-hybridized carbons (Fsp3) is 0.350. The monoisotopic (exact) mass is 342 g/mol. The van der Waals surface area contributed by atoms with Gasteiger partial charge in [-0.1, -0.05) is 24.3 Å². The predicted molar refractivity (Wildman–Crippen MR) is 97.2 cm³/mol. The summed E-state index contributed by atoms with van der Waals surface area (Å²) in [4.78, 5) is 13.6. The molecule has 1 aromatic heterocycles. The van der Waals surface area contributed by atoms with Gasteiger partial charge in [0.2, 0.25) is 0 Å². The van der Waals surface area contributed by atoms with E-state index in [1.807, 2.05) is 18.2 Å². The zero-order valence-corrected chi connectivity index (χ0v) is 14.6. The third-order valence-electron chi connectivity index (χ3n) is 4.07. The summed E-state index contributed by atoms with van der Waals surface area (Å²) in [7, 11) is 0. The molecule has 3 nitrogen and oxygen atoms in total. The predicted octanol–water partition coefficient (Wildman–Crippen LogP) is 4.60. The Kier molecular flexibility index (Phi) is 5.70. The first-order valence-electron chi connectivity index (χ1n) is 8.30. The van der Waals surface area contributed by atoms with Gasteiger partial charge in [-0.15, -0.1) is 11.3 Å². The Labute approximate surface area is 146 Å². The third-order valence-corrected chi connectivity index (χ3v) is 5.01. The normalized spacial score (nSPS) is 12.8. The third kappa shape index (κ3) is 4.71. The first-order chi connectivity index (χ1) is 11.7. The number of rotatable bonds is 8. The first kappa shape index (κ1) is 16.8. The molecule has 0 spiro atoms. The Hall–Kier alpha value is -2.07. The van der Waals surface area contributed by atoms with Crippen molar-refractivity contribution in [1.29, 1.82) is 0 Å². The maximum absolute atomic E-state index is 12.2. The molecule has 0 N–H and O–H groups in total. The van der Waals surface area contributed by atoms with Gasteiger partial charge in [-0.25, -0.2) is 0 Å². The van der Waals surface area contributed by atoms with Gasteiger partial charge < -0.3 is 9.47 Å². The summed E-state index contributed by atoms with van der Waals surface area (Å²) >= 11 is 1.77. The van der Waals surface area contributed by atoms with Crippen LogP contribution in [0.25, 0.3) is 0 Å². The summed E-state index contributed by atoms with van der Waals surface area (Å²) in [6, 6.07) is 9.96. The average Bonchev–Trinajstić information content (AvgIpc) is 3.11. The minimum atomic E-state index is 0.240. The Bertz CT molecular complexity index is 704. The lowest BCUT2D eigenvalue weighted by Gasteiger charge is -2.18. The van der Waals surface area contributed by atoms with Gasteiger partial charge in [0.1, 0.15) is 19.0 Å². The molecule has 1 aromatic carbocycles. The van der Waals surface area contributed by atoms with Crippen LogP contribution >= 0.6 is 11.3 Å². The Morgan fingerprint density at radius 1 is 1.08 bits per heavy atom. The molecule has 0 fully saturated rings. The van der Waals surface area contributed by atoms with Gasteiger partial charge in [0.15, 0.2) is 11.5 Å². The van der Waals surface area contributed by atoms with Crippen LogP contribution in [-0.4, -0.2) is 19.0 Å². The van der Waals surface area contributed by atoms with Gasteiger partial charge >= 0.3 is 0 Å². The van der Waals surface area contributed by atoms with Crippen LogP contribution in [0, 0.1) is 0 Å². The quantitative estimate of drug-likeness (QED) is 0.658. The van der Waals surface area contributed by atoms with Crippen molar-refractivity contribution in [3.8, 4) is 11.5 Å². The second-order valence-electron chi connectivity index (χ2n) is 6.02. The van der Waals surface area contributed by atoms with Crippen LogP contribution in [-0.2, 0) is 17.6 Å². The summed E-state index contributed by atoms with van der Waals surface area (Å²) in [5.74, 6) is 1.75. The number of aryl methyl sites for hydroxylation is 1. The van der Waals surface area contributed by atoms with E-state index in [1.165, 1.54) is 4.88 Å². The van der Waals surface area contributed by atoms with E-state index in [9.17, 15) is 4.79 Å². The highest BCUT2D eigenvalue weighted by Crippen LogP contribution is 2.31. The molecule has 0 radical (unpaired) electrons. The Morgan fingerprint density at radius 2 is 1.92 bits per heavy atom. The van der Waals surface area contributed by atoms with E-state index in [0.717, 1.165) is 41.9 Å². The number of hydrogen-bond acceptors (Lipinski definition) is 4. The molecule has 0 saturated heterocycles. The largest absolute Gasteiger partial charge is 0.486 e. The van der Waals surface area contributed by atoms with Gasteiger partial charge in [-0.3, -0.25) is 4.79 Å². The number of ether oxygens (including phenoxy) is 2. The van der Waals surface area contributed by atoms with Crippen LogP contribution in [0.3, 0.4) is 0 Å². The van der Waals surface area contributed by atoms with Gasteiger partial charge in [0.05, 0.1) is 0 Å². The molecule has 126 valence electrons. The summed E-state index contributed by atoms with van der Waals surface area (Å²) in [6.07, 6.45) is 3.74. The molecule has 0 saturated carbocycles.